The fraction of sp³-hybridized carbons (Fsp3) is 0.667. The number of unbranched alkanes of at least 4 members (excludes halogenated alkanes) is 3. The lowest BCUT2D eigenvalue weighted by Crippen LogP contribution is -2.36. The first kappa shape index (κ1) is 23.8. The summed E-state index contributed by atoms with van der Waals surface area (Å²) in [5.41, 5.74) is 0.797. The van der Waals surface area contributed by atoms with Gasteiger partial charge in [0.15, 0.2) is 0 Å². The number of carboxylic acids is 1. The van der Waals surface area contributed by atoms with Gasteiger partial charge in [-0.1, -0.05) is 38.3 Å². The Morgan fingerprint density at radius 3 is 2.61 bits per heavy atom. The van der Waals surface area contributed by atoms with Crippen molar-refractivity contribution >= 4 is 18.9 Å². The van der Waals surface area contributed by atoms with Crippen LogP contribution < -0.4 is 9.97 Å². The van der Waals surface area contributed by atoms with E-state index in [1.807, 2.05) is 6.07 Å². The Hall–Kier alpha value is -1.86. The summed E-state index contributed by atoms with van der Waals surface area (Å²) >= 11 is 0. The molecule has 1 fully saturated rings. The molecule has 31 heavy (non-hydrogen) atoms. The molecule has 1 saturated carbocycles. The first-order valence-electron chi connectivity index (χ1n) is 11.9. The Morgan fingerprint density at radius 2 is 1.90 bits per heavy atom. The molecule has 3 rings (SSSR count). The number of aromatic carboxylic acids is 1. The summed E-state index contributed by atoms with van der Waals surface area (Å²) in [6.45, 7) is 3.32. The first-order chi connectivity index (χ1) is 15.0. The Labute approximate surface area is 185 Å². The molecule has 1 atom stereocenters. The van der Waals surface area contributed by atoms with Crippen LogP contribution in [0.5, 0.6) is 5.75 Å². The van der Waals surface area contributed by atoms with Gasteiger partial charge in [-0.05, 0) is 62.6 Å². The number of ketones is 1. The average Bonchev–Trinajstić information content (AvgIpc) is 2.74. The maximum absolute atomic E-state index is 12.7. The standard InChI is InChI=1S/C24H36BNO5/c1-2-3-4-5-13-26-20-11-9-17(10-12-20)14-21(27)16-19-15-18-7-6-8-22(24(28)29)23(18)31-25(19)30/h6-8,17,19-20,26,30H,2-5,9-16H2,1H3,(H,28,29)/t17?,19-,20?/m1/s1. The monoisotopic (exact) mass is 429 g/mol. The molecule has 1 aliphatic carbocycles. The molecule has 0 bridgehead atoms. The van der Waals surface area contributed by atoms with Crippen molar-refractivity contribution in [1.82, 2.24) is 5.32 Å². The van der Waals surface area contributed by atoms with E-state index < -0.39 is 13.1 Å². The van der Waals surface area contributed by atoms with Crippen LogP contribution in [-0.2, 0) is 11.2 Å². The van der Waals surface area contributed by atoms with Gasteiger partial charge in [0.25, 0.3) is 0 Å². The number of carboxylic acid groups (broad SMARTS) is 1. The second-order valence-electron chi connectivity index (χ2n) is 9.25. The zero-order valence-corrected chi connectivity index (χ0v) is 18.6. The summed E-state index contributed by atoms with van der Waals surface area (Å²) in [5, 5.41) is 23.3. The number of hydrogen-bond acceptors (Lipinski definition) is 5. The van der Waals surface area contributed by atoms with E-state index >= 15 is 0 Å². The van der Waals surface area contributed by atoms with Gasteiger partial charge in [0, 0.05) is 24.7 Å². The van der Waals surface area contributed by atoms with Gasteiger partial charge >= 0.3 is 13.1 Å². The minimum atomic E-state index is -1.15. The van der Waals surface area contributed by atoms with Crippen LogP contribution in [0.25, 0.3) is 0 Å². The van der Waals surface area contributed by atoms with Crippen molar-refractivity contribution in [3.63, 3.8) is 0 Å². The highest BCUT2D eigenvalue weighted by Gasteiger charge is 2.38. The third-order valence-corrected chi connectivity index (χ3v) is 6.77. The smallest absolute Gasteiger partial charge is 0.526 e. The van der Waals surface area contributed by atoms with Gasteiger partial charge in [0.05, 0.1) is 5.56 Å². The van der Waals surface area contributed by atoms with Crippen LogP contribution in [0.2, 0.25) is 5.82 Å². The Kier molecular flexibility index (Phi) is 8.96. The van der Waals surface area contributed by atoms with Crippen molar-refractivity contribution in [2.45, 2.75) is 89.4 Å². The number of para-hydroxylation sites is 1. The third-order valence-electron chi connectivity index (χ3n) is 6.77. The van der Waals surface area contributed by atoms with E-state index in [0.717, 1.165) is 37.8 Å². The number of nitrogens with one attached hydrogen (secondary N) is 1. The van der Waals surface area contributed by atoms with Gasteiger partial charge in [-0.15, -0.1) is 0 Å². The van der Waals surface area contributed by atoms with Gasteiger partial charge < -0.3 is 20.1 Å². The molecule has 0 saturated heterocycles. The topological polar surface area (TPSA) is 95.9 Å². The largest absolute Gasteiger partial charge is 0.535 e. The number of rotatable bonds is 11. The van der Waals surface area contributed by atoms with Gasteiger partial charge in [-0.3, -0.25) is 4.79 Å². The summed E-state index contributed by atoms with van der Waals surface area (Å²) < 4.78 is 5.52. The number of carbonyl (C=O) groups is 2. The molecule has 0 spiro atoms. The van der Waals surface area contributed by atoms with Crippen molar-refractivity contribution in [3.8, 4) is 5.75 Å². The Bertz CT molecular complexity index is 747. The summed E-state index contributed by atoms with van der Waals surface area (Å²) in [6.07, 6.45) is 10.8. The van der Waals surface area contributed by atoms with Gasteiger partial charge in [-0.25, -0.2) is 4.79 Å². The molecule has 0 aromatic heterocycles. The van der Waals surface area contributed by atoms with Crippen LogP contribution in [0.15, 0.2) is 18.2 Å². The fourth-order valence-electron chi connectivity index (χ4n) is 4.95. The molecule has 7 heteroatoms. The minimum absolute atomic E-state index is 0.0528. The van der Waals surface area contributed by atoms with Crippen molar-refractivity contribution < 1.29 is 24.4 Å². The van der Waals surface area contributed by atoms with E-state index in [-0.39, 0.29) is 29.3 Å². The van der Waals surface area contributed by atoms with E-state index in [1.54, 1.807) is 6.07 Å². The van der Waals surface area contributed by atoms with Crippen LogP contribution >= 0.6 is 0 Å². The predicted molar refractivity (Wildman–Crippen MR) is 122 cm³/mol. The van der Waals surface area contributed by atoms with E-state index in [9.17, 15) is 19.7 Å². The molecule has 6 nitrogen and oxygen atoms in total. The Balaban J connectivity index is 1.41. The lowest BCUT2D eigenvalue weighted by Gasteiger charge is -2.30. The first-order valence-corrected chi connectivity index (χ1v) is 11.9. The summed E-state index contributed by atoms with van der Waals surface area (Å²) in [4.78, 5) is 24.1. The summed E-state index contributed by atoms with van der Waals surface area (Å²) in [7, 11) is -1.15. The maximum Gasteiger partial charge on any atom is 0.526 e. The van der Waals surface area contributed by atoms with Gasteiger partial charge in [0.2, 0.25) is 0 Å². The van der Waals surface area contributed by atoms with Crippen molar-refractivity contribution in [1.29, 1.82) is 0 Å². The summed E-state index contributed by atoms with van der Waals surface area (Å²) in [6, 6.07) is 5.54. The molecule has 1 aromatic rings. The second kappa shape index (κ2) is 11.7. The predicted octanol–water partition coefficient (Wildman–Crippen LogP) is 4.25. The van der Waals surface area contributed by atoms with E-state index in [1.165, 1.54) is 31.7 Å². The molecule has 1 heterocycles. The molecule has 0 radical (unpaired) electrons. The van der Waals surface area contributed by atoms with Gasteiger partial charge in [0.1, 0.15) is 11.5 Å². The lowest BCUT2D eigenvalue weighted by molar-refractivity contribution is -0.120. The highest BCUT2D eigenvalue weighted by molar-refractivity contribution is 6.47. The number of fused-ring (bicyclic) bond motifs is 1. The molecular formula is C24H36BNO5. The maximum atomic E-state index is 12.7. The molecule has 1 aliphatic heterocycles. The van der Waals surface area contributed by atoms with E-state index in [2.05, 4.69) is 12.2 Å². The normalized spacial score (nSPS) is 23.2. The van der Waals surface area contributed by atoms with Crippen LogP contribution in [0.3, 0.4) is 0 Å². The third kappa shape index (κ3) is 6.81. The van der Waals surface area contributed by atoms with Crippen LogP contribution in [0.4, 0.5) is 0 Å². The van der Waals surface area contributed by atoms with E-state index in [0.29, 0.717) is 24.8 Å². The minimum Gasteiger partial charge on any atom is -0.535 e. The van der Waals surface area contributed by atoms with Crippen LogP contribution in [0.1, 0.15) is 87.1 Å². The van der Waals surface area contributed by atoms with E-state index in [4.69, 9.17) is 4.65 Å². The quantitative estimate of drug-likeness (QED) is 0.360. The number of hydrogen-bond donors (Lipinski definition) is 3. The number of carbonyl (C=O) groups excluding carboxylic acids is 1. The second-order valence-corrected chi connectivity index (χ2v) is 9.25. The zero-order valence-electron chi connectivity index (χ0n) is 18.6. The van der Waals surface area contributed by atoms with Crippen molar-refractivity contribution in [3.05, 3.63) is 29.3 Å². The molecule has 0 unspecified atom stereocenters. The van der Waals surface area contributed by atoms with Crippen molar-refractivity contribution in [2.24, 2.45) is 5.92 Å². The molecule has 3 N–H and O–H groups in total. The highest BCUT2D eigenvalue weighted by Crippen LogP contribution is 2.37. The molecule has 1 aromatic carbocycles. The molecule has 2 aliphatic rings. The average molecular weight is 429 g/mol. The summed E-state index contributed by atoms with van der Waals surface area (Å²) in [5.74, 6) is -0.582. The molecule has 0 amide bonds. The lowest BCUT2D eigenvalue weighted by atomic mass is 9.64. The zero-order chi connectivity index (χ0) is 22.2. The van der Waals surface area contributed by atoms with Crippen LogP contribution in [-0.4, -0.2) is 41.6 Å². The number of Topliss-reactive ketones (excluding diaryl/α,β-unsaturated/α-hetero) is 1. The Morgan fingerprint density at radius 1 is 1.13 bits per heavy atom. The molecular weight excluding hydrogens is 393 g/mol. The fourth-order valence-corrected chi connectivity index (χ4v) is 4.95. The SMILES string of the molecule is CCCCCCNC1CCC(CC(=O)C[C@H]2Cc3cccc(C(=O)O)c3OB2O)CC1. The number of benzene rings is 1. The van der Waals surface area contributed by atoms with Crippen LogP contribution in [0, 0.1) is 5.92 Å². The molecule has 170 valence electrons. The highest BCUT2D eigenvalue weighted by atomic mass is 16.5. The van der Waals surface area contributed by atoms with Crippen molar-refractivity contribution in [2.75, 3.05) is 6.54 Å². The van der Waals surface area contributed by atoms with Gasteiger partial charge in [-0.2, -0.15) is 0 Å².